The highest BCUT2D eigenvalue weighted by Crippen LogP contribution is 2.37. The first-order chi connectivity index (χ1) is 9.98. The number of benzene rings is 1. The number of carboxylic acids is 1. The monoisotopic (exact) mass is 295 g/mol. The van der Waals surface area contributed by atoms with E-state index in [0.29, 0.717) is 6.42 Å². The molecule has 0 saturated heterocycles. The van der Waals surface area contributed by atoms with Crippen LogP contribution in [0.3, 0.4) is 0 Å². The largest absolute Gasteiger partial charge is 0.481 e. The molecule has 0 bridgehead atoms. The van der Waals surface area contributed by atoms with Gasteiger partial charge in [0.05, 0.1) is 12.5 Å². The number of aliphatic carboxylic acids is 1. The Labute approximate surface area is 122 Å². The average Bonchev–Trinajstić information content (AvgIpc) is 2.87. The maximum Gasteiger partial charge on any atom is 0.407 e. The fraction of sp³-hybridized carbons (Fsp3) is 0.467. The summed E-state index contributed by atoms with van der Waals surface area (Å²) in [6.07, 6.45) is -0.328. The summed E-state index contributed by atoms with van der Waals surface area (Å²) in [4.78, 5) is 22.3. The van der Waals surface area contributed by atoms with Gasteiger partial charge in [0.15, 0.2) is 0 Å². The number of alkyl halides is 1. The highest BCUT2D eigenvalue weighted by molar-refractivity contribution is 5.71. The van der Waals surface area contributed by atoms with Crippen molar-refractivity contribution in [2.45, 2.75) is 31.5 Å². The van der Waals surface area contributed by atoms with Crippen molar-refractivity contribution in [3.63, 3.8) is 0 Å². The van der Waals surface area contributed by atoms with Crippen molar-refractivity contribution in [1.29, 1.82) is 0 Å². The van der Waals surface area contributed by atoms with Gasteiger partial charge < -0.3 is 15.2 Å². The molecule has 0 unspecified atom stereocenters. The Kier molecular flexibility index (Phi) is 4.77. The van der Waals surface area contributed by atoms with Crippen LogP contribution in [0.15, 0.2) is 30.3 Å². The zero-order valence-corrected chi connectivity index (χ0v) is 11.5. The summed E-state index contributed by atoms with van der Waals surface area (Å²) < 4.78 is 19.3. The fourth-order valence-corrected chi connectivity index (χ4v) is 2.45. The number of hydrogen-bond acceptors (Lipinski definition) is 3. The van der Waals surface area contributed by atoms with Crippen molar-refractivity contribution >= 4 is 12.1 Å². The van der Waals surface area contributed by atoms with Crippen LogP contribution < -0.4 is 5.32 Å². The number of nitrogens with one attached hydrogen (secondary N) is 1. The van der Waals surface area contributed by atoms with Crippen LogP contribution in [-0.2, 0) is 16.1 Å². The van der Waals surface area contributed by atoms with Crippen LogP contribution in [0.2, 0.25) is 0 Å². The quantitative estimate of drug-likeness (QED) is 0.875. The lowest BCUT2D eigenvalue weighted by Gasteiger charge is -2.19. The molecule has 6 heteroatoms. The normalized spacial score (nSPS) is 24.5. The molecular formula is C15H18FNO4. The molecule has 2 N–H and O–H groups in total. The number of carboxylic acid groups (broad SMARTS) is 1. The standard InChI is InChI=1S/C15H18FNO4/c16-15(7-6-12(8-15)13(18)19)10-17-14(20)21-9-11-4-2-1-3-5-11/h1-5,12H,6-10H2,(H,17,20)(H,18,19)/t12-,15+/m1/s1. The van der Waals surface area contributed by atoms with E-state index in [1.165, 1.54) is 0 Å². The Balaban J connectivity index is 1.73. The number of carbonyl (C=O) groups is 2. The molecule has 1 fully saturated rings. The number of alkyl carbamates (subject to hydrolysis) is 1. The average molecular weight is 295 g/mol. The smallest absolute Gasteiger partial charge is 0.407 e. The molecule has 0 spiro atoms. The van der Waals surface area contributed by atoms with Crippen LogP contribution in [-0.4, -0.2) is 29.4 Å². The minimum Gasteiger partial charge on any atom is -0.481 e. The predicted molar refractivity (Wildman–Crippen MR) is 73.4 cm³/mol. The van der Waals surface area contributed by atoms with E-state index in [0.717, 1.165) is 5.56 Å². The number of ether oxygens (including phenoxy) is 1. The summed E-state index contributed by atoms with van der Waals surface area (Å²) in [5.41, 5.74) is -0.816. The van der Waals surface area contributed by atoms with Crippen molar-refractivity contribution < 1.29 is 23.8 Å². The van der Waals surface area contributed by atoms with E-state index in [2.05, 4.69) is 5.32 Å². The molecule has 1 amide bonds. The molecule has 0 aromatic heterocycles. The first kappa shape index (κ1) is 15.3. The highest BCUT2D eigenvalue weighted by atomic mass is 19.1. The van der Waals surface area contributed by atoms with E-state index >= 15 is 0 Å². The van der Waals surface area contributed by atoms with E-state index in [4.69, 9.17) is 9.84 Å². The van der Waals surface area contributed by atoms with E-state index < -0.39 is 23.6 Å². The maximum atomic E-state index is 14.3. The molecule has 0 radical (unpaired) electrons. The van der Waals surface area contributed by atoms with Gasteiger partial charge in [0.2, 0.25) is 0 Å². The Morgan fingerprint density at radius 3 is 2.71 bits per heavy atom. The Bertz CT molecular complexity index is 508. The Morgan fingerprint density at radius 1 is 1.38 bits per heavy atom. The number of hydrogen-bond donors (Lipinski definition) is 2. The van der Waals surface area contributed by atoms with E-state index in [1.54, 1.807) is 0 Å². The molecule has 5 nitrogen and oxygen atoms in total. The van der Waals surface area contributed by atoms with Crippen LogP contribution in [0.1, 0.15) is 24.8 Å². The lowest BCUT2D eigenvalue weighted by atomic mass is 10.0. The molecule has 1 aliphatic rings. The number of amides is 1. The lowest BCUT2D eigenvalue weighted by Crippen LogP contribution is -2.38. The predicted octanol–water partition coefficient (Wildman–Crippen LogP) is 2.51. The summed E-state index contributed by atoms with van der Waals surface area (Å²) >= 11 is 0. The van der Waals surface area contributed by atoms with Crippen LogP contribution in [0, 0.1) is 5.92 Å². The van der Waals surface area contributed by atoms with Gasteiger partial charge in [0, 0.05) is 0 Å². The Hall–Kier alpha value is -2.11. The molecule has 1 aromatic carbocycles. The topological polar surface area (TPSA) is 75.6 Å². The third-order valence-corrected chi connectivity index (χ3v) is 3.66. The number of carbonyl (C=O) groups excluding carboxylic acids is 1. The van der Waals surface area contributed by atoms with Crippen LogP contribution in [0.25, 0.3) is 0 Å². The second-order valence-corrected chi connectivity index (χ2v) is 5.34. The van der Waals surface area contributed by atoms with Crippen LogP contribution in [0.4, 0.5) is 9.18 Å². The van der Waals surface area contributed by atoms with Crippen molar-refractivity contribution in [3.8, 4) is 0 Å². The van der Waals surface area contributed by atoms with E-state index in [1.807, 2.05) is 30.3 Å². The molecule has 2 atom stereocenters. The van der Waals surface area contributed by atoms with Crippen molar-refractivity contribution in [1.82, 2.24) is 5.32 Å². The fourth-order valence-electron chi connectivity index (χ4n) is 2.45. The van der Waals surface area contributed by atoms with Gasteiger partial charge in [-0.2, -0.15) is 0 Å². The first-order valence-electron chi connectivity index (χ1n) is 6.85. The maximum absolute atomic E-state index is 14.3. The van der Waals surface area contributed by atoms with Gasteiger partial charge in [-0.05, 0) is 24.8 Å². The van der Waals surface area contributed by atoms with Gasteiger partial charge in [-0.1, -0.05) is 30.3 Å². The second kappa shape index (κ2) is 6.56. The zero-order valence-electron chi connectivity index (χ0n) is 11.5. The van der Waals surface area contributed by atoms with Crippen LogP contribution in [0.5, 0.6) is 0 Å². The first-order valence-corrected chi connectivity index (χ1v) is 6.85. The number of rotatable bonds is 5. The minimum absolute atomic E-state index is 0.0682. The van der Waals surface area contributed by atoms with Gasteiger partial charge in [0.25, 0.3) is 0 Å². The van der Waals surface area contributed by atoms with Gasteiger partial charge in [-0.3, -0.25) is 4.79 Å². The minimum atomic E-state index is -1.66. The lowest BCUT2D eigenvalue weighted by molar-refractivity contribution is -0.141. The third-order valence-electron chi connectivity index (χ3n) is 3.66. The summed E-state index contributed by atoms with van der Waals surface area (Å²) in [7, 11) is 0. The van der Waals surface area contributed by atoms with Crippen molar-refractivity contribution in [2.75, 3.05) is 6.54 Å². The SMILES string of the molecule is O=C(NC[C@]1(F)CC[C@@H](C(=O)O)C1)OCc1ccccc1. The molecule has 1 saturated carbocycles. The third kappa shape index (κ3) is 4.44. The second-order valence-electron chi connectivity index (χ2n) is 5.34. The van der Waals surface area contributed by atoms with Gasteiger partial charge in [0.1, 0.15) is 12.3 Å². The van der Waals surface area contributed by atoms with Gasteiger partial charge >= 0.3 is 12.1 Å². The molecule has 1 aromatic rings. The highest BCUT2D eigenvalue weighted by Gasteiger charge is 2.42. The van der Waals surface area contributed by atoms with Crippen molar-refractivity contribution in [3.05, 3.63) is 35.9 Å². The molecular weight excluding hydrogens is 277 g/mol. The summed E-state index contributed by atoms with van der Waals surface area (Å²) in [5, 5.41) is 11.2. The van der Waals surface area contributed by atoms with Crippen molar-refractivity contribution in [2.24, 2.45) is 5.92 Å². The Morgan fingerprint density at radius 2 is 2.10 bits per heavy atom. The van der Waals surface area contributed by atoms with Gasteiger partial charge in [-0.15, -0.1) is 0 Å². The van der Waals surface area contributed by atoms with Gasteiger partial charge in [-0.25, -0.2) is 9.18 Å². The zero-order chi connectivity index (χ0) is 15.3. The summed E-state index contributed by atoms with van der Waals surface area (Å²) in [5.74, 6) is -1.65. The number of halogens is 1. The molecule has 0 aliphatic heterocycles. The summed E-state index contributed by atoms with van der Waals surface area (Å²) in [6.45, 7) is -0.103. The van der Waals surface area contributed by atoms with E-state index in [9.17, 15) is 14.0 Å². The molecule has 0 heterocycles. The van der Waals surface area contributed by atoms with Crippen LogP contribution >= 0.6 is 0 Å². The molecule has 1 aliphatic carbocycles. The molecule has 21 heavy (non-hydrogen) atoms. The van der Waals surface area contributed by atoms with E-state index in [-0.39, 0.29) is 26.0 Å². The molecule has 114 valence electrons. The molecule has 2 rings (SSSR count). The summed E-state index contributed by atoms with van der Waals surface area (Å²) in [6, 6.07) is 9.15.